The van der Waals surface area contributed by atoms with E-state index in [-0.39, 0.29) is 93.3 Å². The predicted molar refractivity (Wildman–Crippen MR) is 463 cm³/mol. The molecule has 0 atom stereocenters. The van der Waals surface area contributed by atoms with Crippen LogP contribution in [0.4, 0.5) is 23.8 Å². The van der Waals surface area contributed by atoms with Gasteiger partial charge in [0.25, 0.3) is 22.8 Å². The molecule has 0 aliphatic carbocycles. The fourth-order valence-corrected chi connectivity index (χ4v) is 15.4. The van der Waals surface area contributed by atoms with Crippen molar-refractivity contribution in [3.63, 3.8) is 0 Å². The smallest absolute Gasteiger partial charge is 0.330 e. The lowest BCUT2D eigenvalue weighted by Gasteiger charge is -2.09. The fraction of sp³-hybridized carbons (Fsp3) is 0.377. The zero-order valence-electron chi connectivity index (χ0n) is 67.8. The number of rotatable bonds is 21. The van der Waals surface area contributed by atoms with Gasteiger partial charge in [0.15, 0.2) is 43.2 Å². The molecule has 12 aromatic heterocycles. The molecule has 0 saturated carbocycles. The highest BCUT2D eigenvalue weighted by molar-refractivity contribution is 14.1. The number of nitrogen functional groups attached to an aromatic ring is 4. The van der Waals surface area contributed by atoms with Gasteiger partial charge < -0.3 is 27.7 Å². The first-order valence-electron chi connectivity index (χ1n) is 36.7. The number of pyridine rings is 4. The van der Waals surface area contributed by atoms with Gasteiger partial charge in [0.2, 0.25) is 48.6 Å². The van der Waals surface area contributed by atoms with E-state index in [1.807, 2.05) is 115 Å². The molecule has 0 radical (unpaired) electrons. The average Bonchev–Trinajstić information content (AvgIpc) is 1.63. The first-order valence-corrected chi connectivity index (χ1v) is 40.4. The summed E-state index contributed by atoms with van der Waals surface area (Å²) in [6, 6.07) is 0. The number of nitrogens with two attached hydrogens (primary N) is 4. The molecule has 33 nitrogen and oxygen atoms in total. The van der Waals surface area contributed by atoms with Crippen LogP contribution in [0.3, 0.4) is 0 Å². The minimum absolute atomic E-state index is 0.00946. The Morgan fingerprint density at radius 1 is 0.402 bits per heavy atom. The number of aromatic nitrogens is 20. The summed E-state index contributed by atoms with van der Waals surface area (Å²) in [6.07, 6.45) is 17.1. The molecule has 0 aromatic carbocycles. The lowest BCUT2D eigenvalue weighted by atomic mass is 10.1. The molecule has 0 fully saturated rings. The second kappa shape index (κ2) is 38.0. The highest BCUT2D eigenvalue weighted by Gasteiger charge is 2.32. The second-order valence-electron chi connectivity index (χ2n) is 28.9. The van der Waals surface area contributed by atoms with Crippen molar-refractivity contribution in [3.8, 4) is 5.75 Å². The monoisotopic (exact) mass is 1880 g/mol. The first kappa shape index (κ1) is 90.7. The number of anilines is 4. The molecule has 0 bridgehead atoms. The van der Waals surface area contributed by atoms with Crippen LogP contribution in [0.15, 0.2) is 95.0 Å². The number of halogens is 7. The van der Waals surface area contributed by atoms with E-state index < -0.39 is 0 Å². The minimum atomic E-state index is -0.319. The van der Waals surface area contributed by atoms with Crippen LogP contribution < -0.4 is 69.4 Å². The number of hydrogen-bond acceptors (Lipinski definition) is 21. The molecular formula is C77H95BrCl5IN24O9+4. The van der Waals surface area contributed by atoms with E-state index in [9.17, 15) is 40.0 Å². The Labute approximate surface area is 719 Å². The number of methoxy groups -OCH3 is 1. The van der Waals surface area contributed by atoms with Crippen LogP contribution in [-0.4, -0.2) is 104 Å². The summed E-state index contributed by atoms with van der Waals surface area (Å²) in [5, 5.41) is 42.7. The van der Waals surface area contributed by atoms with Gasteiger partial charge in [-0.25, -0.2) is 19.2 Å². The van der Waals surface area contributed by atoms with Crippen molar-refractivity contribution in [1.29, 1.82) is 0 Å². The van der Waals surface area contributed by atoms with Crippen LogP contribution in [0, 0.1) is 59.0 Å². The Kier molecular flexibility index (Phi) is 29.5. The molecule has 622 valence electrons. The van der Waals surface area contributed by atoms with E-state index in [0.717, 1.165) is 77.1 Å². The van der Waals surface area contributed by atoms with Gasteiger partial charge in [-0.2, -0.15) is 39.9 Å². The van der Waals surface area contributed by atoms with Gasteiger partial charge in [0.05, 0.1) is 23.3 Å². The standard InChI is InChI=1S/C20H26ClN6O3.C19H23BrClN6O2.C19H23Cl2N6O2.C19H23ClIN6O2/c1-11(2)7-6-8-25-15-17(21)23-19(22)24-18(15)26(20(25)28)10-14-13(4)16(30-5)12(3)9-27(14)29;2*1-10(2)6-5-7-25-15-16(21)23-18(22)24-17(15)26(19(25)28)9-13-12(4)14(20)11(3)8-27(13)29;1-10(2)6-5-7-25-15-16(20)23-18(22)24-17(15)26(19(25)28)9-13-12(4)14(21)11(3)8-27(13)29/h7,9,29H,6,8,10H2,1-5H3,(H2,22,23,24);3*6,8,29H,5,7,9H2,1-4H3,(H2,22,23,24)/q4*+1. The second-order valence-corrected chi connectivity index (χ2v) is 32.6. The zero-order chi connectivity index (χ0) is 86.5. The van der Waals surface area contributed by atoms with Crippen LogP contribution in [0.1, 0.15) is 148 Å². The van der Waals surface area contributed by atoms with Crippen LogP contribution in [-0.2, 0) is 52.4 Å². The van der Waals surface area contributed by atoms with Gasteiger partial charge in [-0.3, -0.25) is 57.4 Å². The number of nitrogens with zero attached hydrogens (tertiary/aromatic N) is 20. The Morgan fingerprint density at radius 3 is 0.949 bits per heavy atom. The largest absolute Gasteiger partial charge is 0.496 e. The van der Waals surface area contributed by atoms with Crippen molar-refractivity contribution in [3.05, 3.63) is 214 Å². The van der Waals surface area contributed by atoms with E-state index in [2.05, 4.69) is 84.5 Å². The van der Waals surface area contributed by atoms with Crippen molar-refractivity contribution >= 4 is 165 Å². The van der Waals surface area contributed by atoms with Crippen molar-refractivity contribution < 1.29 is 44.5 Å². The number of fused-ring (bicyclic) bond motifs is 4. The maximum Gasteiger partial charge on any atom is 0.330 e. The van der Waals surface area contributed by atoms with Crippen LogP contribution in [0.5, 0.6) is 5.75 Å². The predicted octanol–water partition coefficient (Wildman–Crippen LogP) is 11.5. The molecule has 12 aromatic rings. The zero-order valence-corrected chi connectivity index (χ0v) is 75.4. The van der Waals surface area contributed by atoms with Gasteiger partial charge in [0, 0.05) is 86.5 Å². The molecule has 0 aliphatic rings. The minimum Gasteiger partial charge on any atom is -0.496 e. The summed E-state index contributed by atoms with van der Waals surface area (Å²) in [7, 11) is 1.57. The summed E-state index contributed by atoms with van der Waals surface area (Å²) < 4.78 is 23.4. The number of ether oxygens (including phenoxy) is 1. The lowest BCUT2D eigenvalue weighted by Crippen LogP contribution is -2.39. The van der Waals surface area contributed by atoms with Gasteiger partial charge in [-0.15, -0.1) is 0 Å². The molecule has 12 heterocycles. The van der Waals surface area contributed by atoms with E-state index >= 15 is 0 Å². The summed E-state index contributed by atoms with van der Waals surface area (Å²) in [5.41, 5.74) is 38.0. The van der Waals surface area contributed by atoms with E-state index in [1.165, 1.54) is 40.8 Å². The van der Waals surface area contributed by atoms with Crippen molar-refractivity contribution in [2.45, 2.75) is 189 Å². The number of aryl methyl sites for hydroxylation is 8. The van der Waals surface area contributed by atoms with Crippen LogP contribution in [0.25, 0.3) is 44.7 Å². The maximum absolute atomic E-state index is 13.3. The molecule has 0 aliphatic heterocycles. The molecule has 117 heavy (non-hydrogen) atoms. The average molecular weight is 1880 g/mol. The molecular weight excluding hydrogens is 1790 g/mol. The molecule has 0 amide bonds. The Hall–Kier alpha value is -10.2. The highest BCUT2D eigenvalue weighted by atomic mass is 127. The normalized spacial score (nSPS) is 11.2. The molecule has 0 saturated heterocycles. The third-order valence-electron chi connectivity index (χ3n) is 19.2. The van der Waals surface area contributed by atoms with Crippen LogP contribution in [0.2, 0.25) is 25.6 Å². The Bertz CT molecular complexity index is 5850. The van der Waals surface area contributed by atoms with Gasteiger partial charge in [-0.05, 0) is 175 Å². The molecule has 40 heteroatoms. The highest BCUT2D eigenvalue weighted by Crippen LogP contribution is 2.31. The maximum atomic E-state index is 13.3. The topological polar surface area (TPSA) is 421 Å². The first-order chi connectivity index (χ1) is 55.0. The van der Waals surface area contributed by atoms with Gasteiger partial charge in [0.1, 0.15) is 54.0 Å². The Balaban J connectivity index is 0.000000178. The molecule has 12 N–H and O–H groups in total. The molecule has 12 rings (SSSR count). The van der Waals surface area contributed by atoms with Crippen LogP contribution >= 0.6 is 96.5 Å². The molecule has 0 unspecified atom stereocenters. The molecule has 0 spiro atoms. The van der Waals surface area contributed by atoms with E-state index in [4.69, 9.17) is 85.7 Å². The third kappa shape index (κ3) is 19.8. The van der Waals surface area contributed by atoms with Gasteiger partial charge >= 0.3 is 22.8 Å². The van der Waals surface area contributed by atoms with Crippen molar-refractivity contribution in [2.24, 2.45) is 0 Å². The van der Waals surface area contributed by atoms with Crippen molar-refractivity contribution in [2.75, 3.05) is 30.0 Å². The fourth-order valence-electron chi connectivity index (χ4n) is 13.4. The number of allylic oxidation sites excluding steroid dienone is 8. The number of imidazole rings is 4. The van der Waals surface area contributed by atoms with E-state index in [1.54, 1.807) is 47.1 Å². The third-order valence-corrected chi connectivity index (χ3v) is 23.7. The SMILES string of the molecule is CC(C)=CCCn1c(=O)n(Cc2c(C)c(Br)c(C)c[n+]2O)c2nc(N)nc(Cl)c21.CC(C)=CCCn1c(=O)n(Cc2c(C)c(Cl)c(C)c[n+]2O)c2nc(N)nc(Cl)c21.CC(C)=CCCn1c(=O)n(Cc2c(C)c(I)c(C)c[n+]2O)c2nc(N)nc(Cl)c21.COc1c(C)c[n+](O)c(Cn2c(=O)n(CCC=C(C)C)c3c(Cl)nc(N)nc32)c1C. The summed E-state index contributed by atoms with van der Waals surface area (Å²) in [5.74, 6) is 0.551. The Morgan fingerprint density at radius 2 is 0.658 bits per heavy atom. The van der Waals surface area contributed by atoms with Crippen molar-refractivity contribution in [1.82, 2.24) is 76.4 Å². The van der Waals surface area contributed by atoms with Gasteiger partial charge in [-0.1, -0.05) is 105 Å². The summed E-state index contributed by atoms with van der Waals surface area (Å²) in [6.45, 7) is 32.8. The quantitative estimate of drug-likeness (QED) is 0.0109. The summed E-state index contributed by atoms with van der Waals surface area (Å²) in [4.78, 5) is 86.1. The number of hydrogen-bond donors (Lipinski definition) is 8. The van der Waals surface area contributed by atoms with E-state index in [0.29, 0.717) is 141 Å². The lowest BCUT2D eigenvalue weighted by molar-refractivity contribution is -0.910. The summed E-state index contributed by atoms with van der Waals surface area (Å²) >= 11 is 37.4.